The summed E-state index contributed by atoms with van der Waals surface area (Å²) in [7, 11) is 1.63. The number of urea groups is 1. The Morgan fingerprint density at radius 1 is 1.32 bits per heavy atom. The molecule has 1 aliphatic rings. The number of hydrogen-bond donors (Lipinski definition) is 3. The van der Waals surface area contributed by atoms with Crippen LogP contribution in [0, 0.1) is 0 Å². The highest BCUT2D eigenvalue weighted by Crippen LogP contribution is 2.17. The number of hydrogen-bond acceptors (Lipinski definition) is 7. The number of amides is 2. The molecule has 1 aliphatic heterocycles. The van der Waals surface area contributed by atoms with E-state index in [1.807, 2.05) is 12.1 Å². The summed E-state index contributed by atoms with van der Waals surface area (Å²) in [6, 6.07) is 6.76. The molecular formula is C19H31N3O6. The van der Waals surface area contributed by atoms with E-state index in [9.17, 15) is 9.90 Å². The van der Waals surface area contributed by atoms with Gasteiger partial charge in [0.15, 0.2) is 0 Å². The predicted octanol–water partition coefficient (Wildman–Crippen LogP) is 0.211. The van der Waals surface area contributed by atoms with Crippen LogP contribution < -0.4 is 20.5 Å². The number of primary amides is 1. The SMILES string of the molecule is COCCOc1ccc(OCC(O)CNCCC2COCCN2C(N)=O)cc1. The summed E-state index contributed by atoms with van der Waals surface area (Å²) in [6.45, 7) is 3.76. The molecule has 2 unspecified atom stereocenters. The number of carbonyl (C=O) groups is 1. The van der Waals surface area contributed by atoms with Crippen LogP contribution in [0.1, 0.15) is 6.42 Å². The van der Waals surface area contributed by atoms with Crippen molar-refractivity contribution >= 4 is 6.03 Å². The van der Waals surface area contributed by atoms with E-state index in [2.05, 4.69) is 5.32 Å². The Balaban J connectivity index is 1.59. The number of rotatable bonds is 12. The van der Waals surface area contributed by atoms with Crippen molar-refractivity contribution in [1.82, 2.24) is 10.2 Å². The first-order valence-corrected chi connectivity index (χ1v) is 9.47. The summed E-state index contributed by atoms with van der Waals surface area (Å²) in [5.41, 5.74) is 5.39. The normalized spacial score (nSPS) is 17.9. The Bertz CT molecular complexity index is 571. The van der Waals surface area contributed by atoms with Crippen LogP contribution in [-0.4, -0.2) is 88.0 Å². The molecular weight excluding hydrogens is 366 g/mol. The third-order valence-corrected chi connectivity index (χ3v) is 4.37. The Morgan fingerprint density at radius 2 is 2.04 bits per heavy atom. The van der Waals surface area contributed by atoms with Crippen molar-refractivity contribution < 1.29 is 28.8 Å². The van der Waals surface area contributed by atoms with E-state index < -0.39 is 12.1 Å². The predicted molar refractivity (Wildman–Crippen MR) is 104 cm³/mol. The van der Waals surface area contributed by atoms with Gasteiger partial charge in [0.05, 0.1) is 25.9 Å². The average Bonchev–Trinajstić information content (AvgIpc) is 2.71. The summed E-state index contributed by atoms with van der Waals surface area (Å²) in [5.74, 6) is 1.40. The highest BCUT2D eigenvalue weighted by molar-refractivity contribution is 5.72. The highest BCUT2D eigenvalue weighted by atomic mass is 16.5. The molecule has 1 saturated heterocycles. The molecule has 4 N–H and O–H groups in total. The van der Waals surface area contributed by atoms with Crippen LogP contribution in [0.25, 0.3) is 0 Å². The van der Waals surface area contributed by atoms with E-state index in [-0.39, 0.29) is 12.6 Å². The lowest BCUT2D eigenvalue weighted by Gasteiger charge is -2.34. The second-order valence-electron chi connectivity index (χ2n) is 6.53. The van der Waals surface area contributed by atoms with Crippen molar-refractivity contribution in [2.24, 2.45) is 5.73 Å². The van der Waals surface area contributed by atoms with Crippen LogP contribution in [0.15, 0.2) is 24.3 Å². The van der Waals surface area contributed by atoms with Crippen LogP contribution >= 0.6 is 0 Å². The number of aliphatic hydroxyl groups excluding tert-OH is 1. The minimum absolute atomic E-state index is 0.0308. The zero-order valence-corrected chi connectivity index (χ0v) is 16.3. The van der Waals surface area contributed by atoms with Gasteiger partial charge in [0.1, 0.15) is 30.8 Å². The molecule has 1 fully saturated rings. The zero-order chi connectivity index (χ0) is 20.2. The van der Waals surface area contributed by atoms with E-state index in [4.69, 9.17) is 24.7 Å². The van der Waals surface area contributed by atoms with Gasteiger partial charge >= 0.3 is 6.03 Å². The Labute approximate surface area is 165 Å². The van der Waals surface area contributed by atoms with E-state index in [1.54, 1.807) is 24.1 Å². The molecule has 1 heterocycles. The van der Waals surface area contributed by atoms with E-state index in [1.165, 1.54) is 0 Å². The molecule has 0 saturated carbocycles. The van der Waals surface area contributed by atoms with Gasteiger partial charge in [-0.05, 0) is 37.2 Å². The number of nitrogens with one attached hydrogen (secondary N) is 1. The Hall–Kier alpha value is -2.07. The zero-order valence-electron chi connectivity index (χ0n) is 16.3. The maximum Gasteiger partial charge on any atom is 0.315 e. The molecule has 28 heavy (non-hydrogen) atoms. The lowest BCUT2D eigenvalue weighted by Crippen LogP contribution is -2.51. The molecule has 0 radical (unpaired) electrons. The lowest BCUT2D eigenvalue weighted by molar-refractivity contribution is 0.0114. The molecule has 9 nitrogen and oxygen atoms in total. The lowest BCUT2D eigenvalue weighted by atomic mass is 10.1. The maximum atomic E-state index is 11.4. The number of nitrogens with two attached hydrogens (primary N) is 1. The molecule has 2 amide bonds. The standard InChI is InChI=1S/C19H31N3O6/c1-25-10-11-27-17-2-4-18(5-3-17)28-14-16(23)12-21-7-6-15-13-26-9-8-22(15)19(20)24/h2-5,15-16,21,23H,6-14H2,1H3,(H2,20,24). The fourth-order valence-electron chi connectivity index (χ4n) is 2.85. The molecule has 1 aromatic rings. The Kier molecular flexibility index (Phi) is 9.84. The molecule has 2 atom stereocenters. The fraction of sp³-hybridized carbons (Fsp3) is 0.632. The van der Waals surface area contributed by atoms with Gasteiger partial charge in [-0.25, -0.2) is 4.79 Å². The van der Waals surface area contributed by atoms with Crippen molar-refractivity contribution in [1.29, 1.82) is 0 Å². The van der Waals surface area contributed by atoms with E-state index >= 15 is 0 Å². The summed E-state index contributed by atoms with van der Waals surface area (Å²) < 4.78 is 21.4. The molecule has 158 valence electrons. The first-order valence-electron chi connectivity index (χ1n) is 9.47. The molecule has 0 aliphatic carbocycles. The van der Waals surface area contributed by atoms with Crippen molar-refractivity contribution in [3.05, 3.63) is 24.3 Å². The minimum Gasteiger partial charge on any atom is -0.491 e. The number of nitrogens with zero attached hydrogens (tertiary/aromatic N) is 1. The maximum absolute atomic E-state index is 11.4. The Morgan fingerprint density at radius 3 is 2.71 bits per heavy atom. The third kappa shape index (κ3) is 7.89. The number of ether oxygens (including phenoxy) is 4. The number of aliphatic hydroxyl groups is 1. The largest absolute Gasteiger partial charge is 0.491 e. The second kappa shape index (κ2) is 12.4. The van der Waals surface area contributed by atoms with Gasteiger partial charge in [0.2, 0.25) is 0 Å². The van der Waals surface area contributed by atoms with Gasteiger partial charge in [-0.1, -0.05) is 0 Å². The molecule has 9 heteroatoms. The van der Waals surface area contributed by atoms with Gasteiger partial charge < -0.3 is 40.0 Å². The van der Waals surface area contributed by atoms with E-state index in [0.717, 1.165) is 5.75 Å². The van der Waals surface area contributed by atoms with Crippen molar-refractivity contribution in [3.8, 4) is 11.5 Å². The van der Waals surface area contributed by atoms with Crippen LogP contribution in [0.2, 0.25) is 0 Å². The number of morpholine rings is 1. The first-order chi connectivity index (χ1) is 13.6. The summed E-state index contributed by atoms with van der Waals surface area (Å²) in [6.07, 6.45) is 0.0635. The van der Waals surface area contributed by atoms with Gasteiger partial charge in [0.25, 0.3) is 0 Å². The van der Waals surface area contributed by atoms with Crippen molar-refractivity contribution in [2.45, 2.75) is 18.6 Å². The fourth-order valence-corrected chi connectivity index (χ4v) is 2.85. The first kappa shape index (κ1) is 22.2. The number of methoxy groups -OCH3 is 1. The van der Waals surface area contributed by atoms with Crippen LogP contribution in [-0.2, 0) is 9.47 Å². The van der Waals surface area contributed by atoms with Crippen LogP contribution in [0.5, 0.6) is 11.5 Å². The monoisotopic (exact) mass is 397 g/mol. The summed E-state index contributed by atoms with van der Waals surface area (Å²) in [5, 5.41) is 13.2. The molecule has 0 bridgehead atoms. The van der Waals surface area contributed by atoms with E-state index in [0.29, 0.717) is 58.2 Å². The number of carbonyl (C=O) groups excluding carboxylic acids is 1. The van der Waals surface area contributed by atoms with Gasteiger partial charge in [0, 0.05) is 20.2 Å². The smallest absolute Gasteiger partial charge is 0.315 e. The molecule has 0 aromatic heterocycles. The average molecular weight is 397 g/mol. The van der Waals surface area contributed by atoms with Crippen molar-refractivity contribution in [2.75, 3.05) is 59.8 Å². The molecule has 0 spiro atoms. The highest BCUT2D eigenvalue weighted by Gasteiger charge is 2.25. The van der Waals surface area contributed by atoms with Gasteiger partial charge in [-0.15, -0.1) is 0 Å². The number of benzene rings is 1. The molecule has 2 rings (SSSR count). The van der Waals surface area contributed by atoms with Crippen molar-refractivity contribution in [3.63, 3.8) is 0 Å². The second-order valence-corrected chi connectivity index (χ2v) is 6.53. The topological polar surface area (TPSA) is 116 Å². The van der Waals surface area contributed by atoms with Gasteiger partial charge in [-0.2, -0.15) is 0 Å². The molecule has 1 aromatic carbocycles. The van der Waals surface area contributed by atoms with Gasteiger partial charge in [-0.3, -0.25) is 0 Å². The summed E-state index contributed by atoms with van der Waals surface area (Å²) in [4.78, 5) is 13.0. The third-order valence-electron chi connectivity index (χ3n) is 4.37. The van der Waals surface area contributed by atoms with Crippen LogP contribution in [0.3, 0.4) is 0 Å². The minimum atomic E-state index is -0.646. The van der Waals surface area contributed by atoms with Crippen LogP contribution in [0.4, 0.5) is 4.79 Å². The summed E-state index contributed by atoms with van der Waals surface area (Å²) >= 11 is 0. The quantitative estimate of drug-likeness (QED) is 0.432.